The quantitative estimate of drug-likeness (QED) is 0.242. The van der Waals surface area contributed by atoms with Crippen LogP contribution in [0.25, 0.3) is 10.4 Å². The first-order valence-corrected chi connectivity index (χ1v) is 5.34. The molecule has 8 heteroatoms. The Morgan fingerprint density at radius 1 is 1.41 bits per heavy atom. The Bertz CT molecular complexity index is 289. The molecule has 0 saturated heterocycles. The predicted molar refractivity (Wildman–Crippen MR) is 58.7 cm³/mol. The molecule has 8 nitrogen and oxygen atoms in total. The molecule has 96 valence electrons. The molecule has 0 unspecified atom stereocenters. The third-order valence-corrected chi connectivity index (χ3v) is 1.72. The van der Waals surface area contributed by atoms with Crippen molar-refractivity contribution in [2.45, 2.75) is 32.6 Å². The van der Waals surface area contributed by atoms with Gasteiger partial charge in [0.15, 0.2) is 0 Å². The van der Waals surface area contributed by atoms with Gasteiger partial charge in [-0.3, -0.25) is 0 Å². The summed E-state index contributed by atoms with van der Waals surface area (Å²) < 4.78 is 4.53. The van der Waals surface area contributed by atoms with Gasteiger partial charge in [-0.25, -0.2) is 9.59 Å². The molecule has 0 heterocycles. The average molecular weight is 244 g/mol. The number of carbonyl (C=O) groups is 2. The molecule has 0 aliphatic heterocycles. The van der Waals surface area contributed by atoms with E-state index in [4.69, 9.17) is 5.53 Å². The molecular formula is C9H16N4O4. The number of nitrogens with one attached hydrogen (secondary N) is 1. The molecule has 1 N–H and O–H groups in total. The highest BCUT2D eigenvalue weighted by atomic mass is 16.7. The molecule has 0 aromatic rings. The van der Waals surface area contributed by atoms with Crippen LogP contribution in [0.1, 0.15) is 32.6 Å². The summed E-state index contributed by atoms with van der Waals surface area (Å²) in [5, 5.41) is 3.16. The van der Waals surface area contributed by atoms with Crippen LogP contribution in [0.4, 0.5) is 4.79 Å². The Kier molecular flexibility index (Phi) is 9.35. The zero-order valence-electron chi connectivity index (χ0n) is 9.72. The number of ether oxygens (including phenoxy) is 1. The zero-order chi connectivity index (χ0) is 12.9. The van der Waals surface area contributed by atoms with E-state index in [0.717, 1.165) is 19.3 Å². The van der Waals surface area contributed by atoms with Gasteiger partial charge in [0, 0.05) is 11.3 Å². The van der Waals surface area contributed by atoms with E-state index in [2.05, 4.69) is 19.6 Å². The van der Waals surface area contributed by atoms with E-state index in [9.17, 15) is 9.59 Å². The van der Waals surface area contributed by atoms with E-state index < -0.39 is 12.1 Å². The standard InChI is InChI=1S/C9H16N4O4/c1-2-3-4-5-8(14)17-12-9(15)16-7-6-11-13-10/h2-7H2,1H3,(H,12,15). The summed E-state index contributed by atoms with van der Waals surface area (Å²) >= 11 is 0. The van der Waals surface area contributed by atoms with Crippen molar-refractivity contribution in [1.29, 1.82) is 0 Å². The van der Waals surface area contributed by atoms with Crippen molar-refractivity contribution in [2.24, 2.45) is 5.11 Å². The molecule has 0 bridgehead atoms. The SMILES string of the molecule is CCCCCC(=O)ONC(=O)OCCN=[N+]=[N-]. The van der Waals surface area contributed by atoms with Gasteiger partial charge in [0.05, 0.1) is 13.2 Å². The number of unbranched alkanes of at least 4 members (excludes halogenated alkanes) is 2. The number of carbonyl (C=O) groups excluding carboxylic acids is 2. The topological polar surface area (TPSA) is 113 Å². The van der Waals surface area contributed by atoms with Crippen LogP contribution < -0.4 is 5.48 Å². The van der Waals surface area contributed by atoms with Crippen LogP contribution >= 0.6 is 0 Å². The minimum absolute atomic E-state index is 0.0361. The van der Waals surface area contributed by atoms with Gasteiger partial charge in [0.1, 0.15) is 0 Å². The van der Waals surface area contributed by atoms with E-state index in [-0.39, 0.29) is 19.6 Å². The van der Waals surface area contributed by atoms with Crippen molar-refractivity contribution in [3.63, 3.8) is 0 Å². The number of amides is 1. The number of azide groups is 1. The first kappa shape index (κ1) is 15.0. The molecule has 0 fully saturated rings. The number of hydrogen-bond acceptors (Lipinski definition) is 5. The van der Waals surface area contributed by atoms with Crippen molar-refractivity contribution in [1.82, 2.24) is 5.48 Å². The van der Waals surface area contributed by atoms with E-state index in [1.807, 2.05) is 12.4 Å². The van der Waals surface area contributed by atoms with E-state index in [0.29, 0.717) is 0 Å². The van der Waals surface area contributed by atoms with Gasteiger partial charge in [-0.2, -0.15) is 0 Å². The van der Waals surface area contributed by atoms with Crippen molar-refractivity contribution >= 4 is 12.1 Å². The van der Waals surface area contributed by atoms with Crippen LogP contribution in [-0.4, -0.2) is 25.2 Å². The van der Waals surface area contributed by atoms with Crippen LogP contribution in [0, 0.1) is 0 Å². The fraction of sp³-hybridized carbons (Fsp3) is 0.778. The molecule has 0 spiro atoms. The fourth-order valence-corrected chi connectivity index (χ4v) is 0.922. The highest BCUT2D eigenvalue weighted by Gasteiger charge is 2.06. The van der Waals surface area contributed by atoms with Gasteiger partial charge < -0.3 is 9.57 Å². The number of hydroxylamine groups is 1. The van der Waals surface area contributed by atoms with Gasteiger partial charge in [-0.05, 0) is 12.0 Å². The Morgan fingerprint density at radius 2 is 2.18 bits per heavy atom. The molecule has 0 radical (unpaired) electrons. The lowest BCUT2D eigenvalue weighted by molar-refractivity contribution is -0.149. The van der Waals surface area contributed by atoms with Gasteiger partial charge in [0.2, 0.25) is 0 Å². The second-order valence-corrected chi connectivity index (χ2v) is 3.12. The normalized spacial score (nSPS) is 9.00. The van der Waals surface area contributed by atoms with E-state index in [1.165, 1.54) is 0 Å². The summed E-state index contributed by atoms with van der Waals surface area (Å²) in [7, 11) is 0. The third kappa shape index (κ3) is 10.3. The number of hydrogen-bond donors (Lipinski definition) is 1. The average Bonchev–Trinajstić information content (AvgIpc) is 2.32. The third-order valence-electron chi connectivity index (χ3n) is 1.72. The van der Waals surface area contributed by atoms with E-state index in [1.54, 1.807) is 0 Å². The molecule has 0 aromatic heterocycles. The molecule has 0 aromatic carbocycles. The first-order valence-electron chi connectivity index (χ1n) is 5.34. The largest absolute Gasteiger partial charge is 0.447 e. The summed E-state index contributed by atoms with van der Waals surface area (Å²) in [6.45, 7) is 1.99. The highest BCUT2D eigenvalue weighted by molar-refractivity contribution is 5.73. The van der Waals surface area contributed by atoms with Crippen LogP contribution in [0.2, 0.25) is 0 Å². The van der Waals surface area contributed by atoms with Gasteiger partial charge in [-0.15, -0.1) is 5.48 Å². The molecule has 0 saturated carbocycles. The molecule has 1 amide bonds. The van der Waals surface area contributed by atoms with Crippen molar-refractivity contribution in [3.8, 4) is 0 Å². The first-order chi connectivity index (χ1) is 8.20. The lowest BCUT2D eigenvalue weighted by Gasteiger charge is -2.05. The lowest BCUT2D eigenvalue weighted by atomic mass is 10.2. The zero-order valence-corrected chi connectivity index (χ0v) is 9.72. The Hall–Kier alpha value is -1.95. The molecule has 0 aliphatic carbocycles. The smallest absolute Gasteiger partial charge is 0.440 e. The number of rotatable bonds is 7. The lowest BCUT2D eigenvalue weighted by Crippen LogP contribution is -2.28. The maximum Gasteiger partial charge on any atom is 0.440 e. The Labute approximate surface area is 98.8 Å². The number of nitrogens with zero attached hydrogens (tertiary/aromatic N) is 3. The van der Waals surface area contributed by atoms with E-state index >= 15 is 0 Å². The fourth-order valence-electron chi connectivity index (χ4n) is 0.922. The van der Waals surface area contributed by atoms with Gasteiger partial charge >= 0.3 is 12.1 Å². The summed E-state index contributed by atoms with van der Waals surface area (Å²) in [4.78, 5) is 28.9. The van der Waals surface area contributed by atoms with Crippen LogP contribution in [0.3, 0.4) is 0 Å². The second-order valence-electron chi connectivity index (χ2n) is 3.12. The van der Waals surface area contributed by atoms with Crippen LogP contribution in [0.5, 0.6) is 0 Å². The summed E-state index contributed by atoms with van der Waals surface area (Å²) in [5.74, 6) is -0.509. The van der Waals surface area contributed by atoms with Gasteiger partial charge in [0.25, 0.3) is 0 Å². The molecule has 0 rings (SSSR count). The molecule has 0 aliphatic rings. The summed E-state index contributed by atoms with van der Waals surface area (Å²) in [6.07, 6.45) is 2.03. The molecule has 0 atom stereocenters. The second kappa shape index (κ2) is 10.6. The van der Waals surface area contributed by atoms with Crippen molar-refractivity contribution in [2.75, 3.05) is 13.2 Å². The van der Waals surface area contributed by atoms with Gasteiger partial charge in [-0.1, -0.05) is 24.9 Å². The van der Waals surface area contributed by atoms with Crippen molar-refractivity contribution in [3.05, 3.63) is 10.4 Å². The molecule has 17 heavy (non-hydrogen) atoms. The minimum atomic E-state index is -0.887. The van der Waals surface area contributed by atoms with Crippen LogP contribution in [0.15, 0.2) is 5.11 Å². The summed E-state index contributed by atoms with van der Waals surface area (Å²) in [6, 6.07) is 0. The highest BCUT2D eigenvalue weighted by Crippen LogP contribution is 1.99. The minimum Gasteiger partial charge on any atom is -0.447 e. The summed E-state index contributed by atoms with van der Waals surface area (Å²) in [5.41, 5.74) is 9.78. The van der Waals surface area contributed by atoms with Crippen molar-refractivity contribution < 1.29 is 19.2 Å². The maximum absolute atomic E-state index is 11.0. The monoisotopic (exact) mass is 244 g/mol. The Balaban J connectivity index is 3.48. The predicted octanol–water partition coefficient (Wildman–Crippen LogP) is 2.06. The van der Waals surface area contributed by atoms with Crippen LogP contribution in [-0.2, 0) is 14.4 Å². The maximum atomic E-state index is 11.0. The molecular weight excluding hydrogens is 228 g/mol. The Morgan fingerprint density at radius 3 is 2.82 bits per heavy atom.